The third kappa shape index (κ3) is 3.43. The molecule has 0 saturated carbocycles. The average molecular weight is 329 g/mol. The fourth-order valence-corrected chi connectivity index (χ4v) is 2.39. The fraction of sp³-hybridized carbons (Fsp3) is 0.111. The molecule has 0 amide bonds. The van der Waals surface area contributed by atoms with E-state index in [9.17, 15) is 9.59 Å². The van der Waals surface area contributed by atoms with Crippen LogP contribution < -0.4 is 10.4 Å². The van der Waals surface area contributed by atoms with E-state index in [-0.39, 0.29) is 12.4 Å². The Balaban J connectivity index is 1.78. The van der Waals surface area contributed by atoms with E-state index in [0.29, 0.717) is 21.9 Å². The first-order valence-corrected chi connectivity index (χ1v) is 7.37. The van der Waals surface area contributed by atoms with Gasteiger partial charge in [-0.1, -0.05) is 11.6 Å². The van der Waals surface area contributed by atoms with Gasteiger partial charge in [-0.2, -0.15) is 0 Å². The first-order chi connectivity index (χ1) is 11.0. The topological polar surface area (TPSA) is 56.5 Å². The van der Waals surface area contributed by atoms with Crippen molar-refractivity contribution in [3.8, 4) is 5.75 Å². The van der Waals surface area contributed by atoms with Gasteiger partial charge in [-0.15, -0.1) is 0 Å². The van der Waals surface area contributed by atoms with Gasteiger partial charge < -0.3 is 9.15 Å². The molecule has 0 aliphatic heterocycles. The smallest absolute Gasteiger partial charge is 0.336 e. The van der Waals surface area contributed by atoms with Crippen molar-refractivity contribution in [1.29, 1.82) is 0 Å². The zero-order valence-electron chi connectivity index (χ0n) is 12.3. The molecule has 0 fully saturated rings. The molecule has 0 aliphatic rings. The molecular weight excluding hydrogens is 316 g/mol. The monoisotopic (exact) mass is 328 g/mol. The van der Waals surface area contributed by atoms with Crippen LogP contribution in [0, 0.1) is 6.92 Å². The van der Waals surface area contributed by atoms with Crippen LogP contribution in [0.5, 0.6) is 5.75 Å². The molecule has 0 bridgehead atoms. The maximum atomic E-state index is 12.1. The second kappa shape index (κ2) is 6.26. The minimum absolute atomic E-state index is 0.108. The molecule has 0 atom stereocenters. The number of hydrogen-bond donors (Lipinski definition) is 0. The van der Waals surface area contributed by atoms with Gasteiger partial charge in [0.1, 0.15) is 11.3 Å². The fourth-order valence-electron chi connectivity index (χ4n) is 2.26. The van der Waals surface area contributed by atoms with Crippen molar-refractivity contribution in [3.63, 3.8) is 0 Å². The highest BCUT2D eigenvalue weighted by atomic mass is 35.5. The molecule has 116 valence electrons. The summed E-state index contributed by atoms with van der Waals surface area (Å²) in [6.07, 6.45) is 0. The SMILES string of the molecule is Cc1cc(=O)oc2cc(OCC(=O)c3ccc(Cl)cc3)ccc12. The minimum Gasteiger partial charge on any atom is -0.485 e. The van der Waals surface area contributed by atoms with Gasteiger partial charge in [0.2, 0.25) is 0 Å². The maximum absolute atomic E-state index is 12.1. The Morgan fingerprint density at radius 1 is 1.13 bits per heavy atom. The normalized spacial score (nSPS) is 10.7. The highest BCUT2D eigenvalue weighted by Crippen LogP contribution is 2.22. The number of halogens is 1. The van der Waals surface area contributed by atoms with Crippen LogP contribution in [-0.2, 0) is 0 Å². The number of benzene rings is 2. The Hall–Kier alpha value is -2.59. The van der Waals surface area contributed by atoms with E-state index < -0.39 is 5.63 Å². The van der Waals surface area contributed by atoms with Gasteiger partial charge in [-0.25, -0.2) is 4.79 Å². The van der Waals surface area contributed by atoms with Crippen molar-refractivity contribution in [1.82, 2.24) is 0 Å². The van der Waals surface area contributed by atoms with Crippen molar-refractivity contribution in [3.05, 3.63) is 75.1 Å². The van der Waals surface area contributed by atoms with Crippen LogP contribution in [-0.4, -0.2) is 12.4 Å². The van der Waals surface area contributed by atoms with Gasteiger partial charge in [0.25, 0.3) is 0 Å². The molecule has 5 heteroatoms. The molecule has 23 heavy (non-hydrogen) atoms. The Kier molecular flexibility index (Phi) is 4.17. The third-order valence-corrected chi connectivity index (χ3v) is 3.71. The largest absolute Gasteiger partial charge is 0.485 e. The van der Waals surface area contributed by atoms with Gasteiger partial charge in [0.05, 0.1) is 0 Å². The number of carbonyl (C=O) groups excluding carboxylic acids is 1. The zero-order chi connectivity index (χ0) is 16.4. The van der Waals surface area contributed by atoms with E-state index in [4.69, 9.17) is 20.8 Å². The zero-order valence-corrected chi connectivity index (χ0v) is 13.1. The van der Waals surface area contributed by atoms with Crippen LogP contribution >= 0.6 is 11.6 Å². The number of ketones is 1. The molecule has 0 spiro atoms. The van der Waals surface area contributed by atoms with Crippen molar-refractivity contribution in [2.24, 2.45) is 0 Å². The number of carbonyl (C=O) groups is 1. The van der Waals surface area contributed by atoms with Crippen LogP contribution in [0.15, 0.2) is 57.7 Å². The molecular formula is C18H13ClO4. The number of Topliss-reactive ketones (excluding diaryl/α,β-unsaturated/α-hetero) is 1. The lowest BCUT2D eigenvalue weighted by Crippen LogP contribution is -2.11. The standard InChI is InChI=1S/C18H13ClO4/c1-11-8-18(21)23-17-9-14(6-7-15(11)17)22-10-16(20)12-2-4-13(19)5-3-12/h2-9H,10H2,1H3. The maximum Gasteiger partial charge on any atom is 0.336 e. The number of aryl methyl sites for hydroxylation is 1. The predicted molar refractivity (Wildman–Crippen MR) is 88.5 cm³/mol. The molecule has 0 radical (unpaired) electrons. The van der Waals surface area contributed by atoms with E-state index in [0.717, 1.165) is 10.9 Å². The number of ether oxygens (including phenoxy) is 1. The molecule has 2 aromatic carbocycles. The average Bonchev–Trinajstić information content (AvgIpc) is 2.52. The molecule has 1 aromatic heterocycles. The Morgan fingerprint density at radius 3 is 2.61 bits per heavy atom. The van der Waals surface area contributed by atoms with Gasteiger partial charge in [-0.3, -0.25) is 4.79 Å². The van der Waals surface area contributed by atoms with E-state index in [1.807, 2.05) is 6.92 Å². The summed E-state index contributed by atoms with van der Waals surface area (Å²) in [5, 5.41) is 1.41. The Bertz CT molecular complexity index is 926. The van der Waals surface area contributed by atoms with Crippen LogP contribution in [0.1, 0.15) is 15.9 Å². The van der Waals surface area contributed by atoms with Gasteiger partial charge in [-0.05, 0) is 48.9 Å². The summed E-state index contributed by atoms with van der Waals surface area (Å²) in [6, 6.07) is 13.2. The molecule has 1 heterocycles. The van der Waals surface area contributed by atoms with E-state index in [2.05, 4.69) is 0 Å². The van der Waals surface area contributed by atoms with Crippen molar-refractivity contribution in [2.45, 2.75) is 6.92 Å². The van der Waals surface area contributed by atoms with Gasteiger partial charge in [0, 0.05) is 28.1 Å². The molecule has 0 aliphatic carbocycles. The molecule has 3 aromatic rings. The first kappa shape index (κ1) is 15.3. The molecule has 0 saturated heterocycles. The summed E-state index contributed by atoms with van der Waals surface area (Å²) >= 11 is 5.79. The minimum atomic E-state index is -0.413. The van der Waals surface area contributed by atoms with Crippen molar-refractivity contribution < 1.29 is 13.9 Å². The summed E-state index contributed by atoms with van der Waals surface area (Å²) in [4.78, 5) is 23.5. The quantitative estimate of drug-likeness (QED) is 0.536. The van der Waals surface area contributed by atoms with Crippen LogP contribution in [0.25, 0.3) is 11.0 Å². The van der Waals surface area contributed by atoms with E-state index >= 15 is 0 Å². The Morgan fingerprint density at radius 2 is 1.87 bits per heavy atom. The van der Waals surface area contributed by atoms with Crippen LogP contribution in [0.4, 0.5) is 0 Å². The summed E-state index contributed by atoms with van der Waals surface area (Å²) in [6.45, 7) is 1.73. The summed E-state index contributed by atoms with van der Waals surface area (Å²) in [7, 11) is 0. The molecule has 0 N–H and O–H groups in total. The molecule has 4 nitrogen and oxygen atoms in total. The molecule has 3 rings (SSSR count). The van der Waals surface area contributed by atoms with Crippen LogP contribution in [0.2, 0.25) is 5.02 Å². The van der Waals surface area contributed by atoms with Gasteiger partial charge in [0.15, 0.2) is 12.4 Å². The van der Waals surface area contributed by atoms with E-state index in [1.54, 1.807) is 42.5 Å². The number of fused-ring (bicyclic) bond motifs is 1. The highest BCUT2D eigenvalue weighted by molar-refractivity contribution is 6.30. The van der Waals surface area contributed by atoms with E-state index in [1.165, 1.54) is 6.07 Å². The summed E-state index contributed by atoms with van der Waals surface area (Å²) in [5.41, 5.74) is 1.38. The van der Waals surface area contributed by atoms with Crippen LogP contribution in [0.3, 0.4) is 0 Å². The van der Waals surface area contributed by atoms with Crippen molar-refractivity contribution in [2.75, 3.05) is 6.61 Å². The lowest BCUT2D eigenvalue weighted by Gasteiger charge is -2.07. The highest BCUT2D eigenvalue weighted by Gasteiger charge is 2.08. The lowest BCUT2D eigenvalue weighted by atomic mass is 10.1. The summed E-state index contributed by atoms with van der Waals surface area (Å²) in [5.74, 6) is 0.307. The first-order valence-electron chi connectivity index (χ1n) is 6.99. The summed E-state index contributed by atoms with van der Waals surface area (Å²) < 4.78 is 10.6. The second-order valence-corrected chi connectivity index (χ2v) is 5.56. The Labute approximate surface area is 137 Å². The lowest BCUT2D eigenvalue weighted by molar-refractivity contribution is 0.0921. The van der Waals surface area contributed by atoms with Gasteiger partial charge >= 0.3 is 5.63 Å². The third-order valence-electron chi connectivity index (χ3n) is 3.46. The second-order valence-electron chi connectivity index (χ2n) is 5.13. The molecule has 0 unspecified atom stereocenters. The van der Waals surface area contributed by atoms with Crippen molar-refractivity contribution >= 4 is 28.4 Å². The predicted octanol–water partition coefficient (Wildman–Crippen LogP) is 4.02. The number of rotatable bonds is 4. The number of hydrogen-bond acceptors (Lipinski definition) is 4.